The minimum atomic E-state index is -0.736. The van der Waals surface area contributed by atoms with E-state index in [0.717, 1.165) is 54.9 Å². The summed E-state index contributed by atoms with van der Waals surface area (Å²) in [7, 11) is 0. The number of rotatable bonds is 13. The number of hydrogen-bond acceptors (Lipinski definition) is 6. The number of amides is 1. The summed E-state index contributed by atoms with van der Waals surface area (Å²) in [5, 5.41) is 11.8. The van der Waals surface area contributed by atoms with Gasteiger partial charge in [-0.2, -0.15) is 0 Å². The van der Waals surface area contributed by atoms with Crippen LogP contribution in [0.4, 0.5) is 0 Å². The van der Waals surface area contributed by atoms with Crippen LogP contribution in [0.3, 0.4) is 0 Å². The Morgan fingerprint density at radius 1 is 1.14 bits per heavy atom. The molecule has 1 fully saturated rings. The third-order valence-corrected chi connectivity index (χ3v) is 7.18. The van der Waals surface area contributed by atoms with Gasteiger partial charge in [0.15, 0.2) is 5.79 Å². The van der Waals surface area contributed by atoms with Crippen molar-refractivity contribution in [1.29, 1.82) is 0 Å². The van der Waals surface area contributed by atoms with Crippen molar-refractivity contribution in [3.63, 3.8) is 0 Å². The topological polar surface area (TPSA) is 94.1 Å². The second-order valence-electron chi connectivity index (χ2n) is 9.32. The van der Waals surface area contributed by atoms with E-state index < -0.39 is 30.1 Å². The van der Waals surface area contributed by atoms with Crippen LogP contribution in [-0.4, -0.2) is 54.2 Å². The summed E-state index contributed by atoms with van der Waals surface area (Å²) >= 11 is 2.16. The summed E-state index contributed by atoms with van der Waals surface area (Å²) in [6, 6.07) is 7.23. The molecule has 3 atom stereocenters. The molecule has 1 aliphatic carbocycles. The molecule has 1 aliphatic heterocycles. The molecule has 0 aromatic heterocycles. The van der Waals surface area contributed by atoms with Gasteiger partial charge in [0.2, 0.25) is 5.91 Å². The van der Waals surface area contributed by atoms with Crippen molar-refractivity contribution in [2.75, 3.05) is 13.2 Å². The molecule has 1 amide bonds. The van der Waals surface area contributed by atoms with Crippen molar-refractivity contribution in [2.45, 2.75) is 95.7 Å². The van der Waals surface area contributed by atoms with Crippen LogP contribution in [0, 0.1) is 3.57 Å². The summed E-state index contributed by atoms with van der Waals surface area (Å²) in [4.78, 5) is 25.8. The van der Waals surface area contributed by atoms with E-state index in [0.29, 0.717) is 11.1 Å². The molecular formula is C27H38INO6. The average molecular weight is 600 g/mol. The summed E-state index contributed by atoms with van der Waals surface area (Å²) in [6.45, 7) is 4.35. The van der Waals surface area contributed by atoms with Crippen molar-refractivity contribution in [1.82, 2.24) is 5.32 Å². The monoisotopic (exact) mass is 599 g/mol. The number of aliphatic hydroxyl groups excluding tert-OH is 1. The van der Waals surface area contributed by atoms with Crippen molar-refractivity contribution < 1.29 is 28.9 Å². The minimum absolute atomic E-state index is 0.145. The van der Waals surface area contributed by atoms with Gasteiger partial charge in [0.1, 0.15) is 18.3 Å². The van der Waals surface area contributed by atoms with Crippen LogP contribution < -0.4 is 5.32 Å². The minimum Gasteiger partial charge on any atom is -0.456 e. The van der Waals surface area contributed by atoms with E-state index >= 15 is 0 Å². The van der Waals surface area contributed by atoms with E-state index in [1.165, 1.54) is 0 Å². The first kappa shape index (κ1) is 28.1. The van der Waals surface area contributed by atoms with Crippen molar-refractivity contribution >= 4 is 34.5 Å². The molecule has 3 rings (SSSR count). The number of ether oxygens (including phenoxy) is 3. The van der Waals surface area contributed by atoms with Crippen LogP contribution in [0.5, 0.6) is 0 Å². The van der Waals surface area contributed by atoms with Gasteiger partial charge in [-0.25, -0.2) is 4.79 Å². The lowest BCUT2D eigenvalue weighted by Crippen LogP contribution is -2.43. The lowest BCUT2D eigenvalue weighted by molar-refractivity contribution is -0.190. The molecule has 0 spiro atoms. The molecule has 1 heterocycles. The van der Waals surface area contributed by atoms with E-state index in [1.807, 2.05) is 18.2 Å². The fourth-order valence-corrected chi connectivity index (χ4v) is 5.25. The zero-order valence-corrected chi connectivity index (χ0v) is 22.9. The van der Waals surface area contributed by atoms with Crippen LogP contribution >= 0.6 is 22.6 Å². The zero-order valence-electron chi connectivity index (χ0n) is 20.8. The Morgan fingerprint density at radius 2 is 1.86 bits per heavy atom. The van der Waals surface area contributed by atoms with Crippen LogP contribution in [0.2, 0.25) is 0 Å². The van der Waals surface area contributed by atoms with Gasteiger partial charge in [0.25, 0.3) is 0 Å². The molecule has 0 saturated carbocycles. The normalized spacial score (nSPS) is 22.9. The number of carbonyl (C=O) groups excluding carboxylic acids is 2. The fraction of sp³-hybridized carbons (Fsp3) is 0.630. The summed E-state index contributed by atoms with van der Waals surface area (Å²) in [5.74, 6) is -1.46. The number of hydrogen-bond donors (Lipinski definition) is 2. The van der Waals surface area contributed by atoms with Gasteiger partial charge in [-0.3, -0.25) is 4.79 Å². The number of aliphatic hydroxyl groups is 1. The van der Waals surface area contributed by atoms with Crippen LogP contribution in [-0.2, 0) is 19.0 Å². The van der Waals surface area contributed by atoms with Gasteiger partial charge < -0.3 is 24.6 Å². The van der Waals surface area contributed by atoms with Crippen LogP contribution in [0.15, 0.2) is 35.9 Å². The number of carbonyl (C=O) groups is 2. The maximum Gasteiger partial charge on any atom is 0.338 e. The Balaban J connectivity index is 1.84. The van der Waals surface area contributed by atoms with E-state index in [1.54, 1.807) is 12.1 Å². The predicted molar refractivity (Wildman–Crippen MR) is 142 cm³/mol. The second-order valence-corrected chi connectivity index (χ2v) is 10.6. The molecule has 35 heavy (non-hydrogen) atoms. The molecule has 7 nitrogen and oxygen atoms in total. The molecular weight excluding hydrogens is 561 g/mol. The van der Waals surface area contributed by atoms with Gasteiger partial charge in [0.05, 0.1) is 12.2 Å². The molecule has 194 valence electrons. The Morgan fingerprint density at radius 3 is 2.49 bits per heavy atom. The maximum absolute atomic E-state index is 13.0. The Hall–Kier alpha value is -1.49. The van der Waals surface area contributed by atoms with Gasteiger partial charge in [-0.15, -0.1) is 0 Å². The van der Waals surface area contributed by atoms with Gasteiger partial charge in [0, 0.05) is 35.0 Å². The first-order chi connectivity index (χ1) is 16.9. The molecule has 1 aromatic carbocycles. The second kappa shape index (κ2) is 13.7. The average Bonchev–Trinajstić information content (AvgIpc) is 3.21. The SMILES string of the molecule is CCCCCC1(CCCCC)O[C@@H]2[C@@H](C=C(C(=O)NCCO)C[C@H]2OC(=O)c2cccc(I)c2)O1. The highest BCUT2D eigenvalue weighted by atomic mass is 127. The van der Waals surface area contributed by atoms with E-state index in [-0.39, 0.29) is 25.5 Å². The Kier molecular flexibility index (Phi) is 11.0. The predicted octanol–water partition coefficient (Wildman–Crippen LogP) is 4.90. The molecule has 8 heteroatoms. The van der Waals surface area contributed by atoms with Gasteiger partial charge in [-0.05, 0) is 59.7 Å². The molecule has 0 radical (unpaired) electrons. The molecule has 2 aliphatic rings. The molecule has 1 saturated heterocycles. The summed E-state index contributed by atoms with van der Waals surface area (Å²) < 4.78 is 20.1. The van der Waals surface area contributed by atoms with Crippen molar-refractivity contribution in [3.8, 4) is 0 Å². The third kappa shape index (κ3) is 7.74. The summed E-state index contributed by atoms with van der Waals surface area (Å²) in [6.07, 6.45) is 8.35. The number of benzene rings is 1. The third-order valence-electron chi connectivity index (χ3n) is 6.51. The number of fused-ring (bicyclic) bond motifs is 1. The Bertz CT molecular complexity index is 878. The number of esters is 1. The first-order valence-corrected chi connectivity index (χ1v) is 13.9. The van der Waals surface area contributed by atoms with E-state index in [2.05, 4.69) is 41.8 Å². The zero-order chi connectivity index (χ0) is 25.3. The fourth-order valence-electron chi connectivity index (χ4n) is 4.70. The van der Waals surface area contributed by atoms with Crippen LogP contribution in [0.1, 0.15) is 82.0 Å². The number of nitrogens with one attached hydrogen (secondary N) is 1. The number of unbranched alkanes of at least 4 members (excludes halogenated alkanes) is 4. The maximum atomic E-state index is 13.0. The van der Waals surface area contributed by atoms with Gasteiger partial charge in [-0.1, -0.05) is 45.6 Å². The highest BCUT2D eigenvalue weighted by Crippen LogP contribution is 2.43. The lowest BCUT2D eigenvalue weighted by atomic mass is 9.91. The summed E-state index contributed by atoms with van der Waals surface area (Å²) in [5.41, 5.74) is 0.951. The lowest BCUT2D eigenvalue weighted by Gasteiger charge is -2.31. The number of halogens is 1. The smallest absolute Gasteiger partial charge is 0.338 e. The van der Waals surface area contributed by atoms with E-state index in [4.69, 9.17) is 19.3 Å². The van der Waals surface area contributed by atoms with Crippen molar-refractivity contribution in [2.24, 2.45) is 0 Å². The van der Waals surface area contributed by atoms with E-state index in [9.17, 15) is 9.59 Å². The highest BCUT2D eigenvalue weighted by molar-refractivity contribution is 14.1. The molecule has 0 unspecified atom stereocenters. The first-order valence-electron chi connectivity index (χ1n) is 12.8. The molecule has 2 N–H and O–H groups in total. The quantitative estimate of drug-likeness (QED) is 0.191. The largest absolute Gasteiger partial charge is 0.456 e. The Labute approximate surface area is 222 Å². The molecule has 0 bridgehead atoms. The standard InChI is InChI=1S/C27H38INO6/c1-3-5-7-12-27(13-8-6-4-2)34-23-18-20(25(31)29-14-15-30)17-22(24(23)35-27)33-26(32)19-10-9-11-21(28)16-19/h9-11,16,18,22-24,30H,3-8,12-15,17H2,1-2H3,(H,29,31)/t22-,23-,24+/m1/s1. The van der Waals surface area contributed by atoms with Crippen molar-refractivity contribution in [3.05, 3.63) is 45.0 Å². The van der Waals surface area contributed by atoms with Gasteiger partial charge >= 0.3 is 5.97 Å². The van der Waals surface area contributed by atoms with Crippen LogP contribution in [0.25, 0.3) is 0 Å². The highest BCUT2D eigenvalue weighted by Gasteiger charge is 2.52. The molecule has 1 aromatic rings.